The highest BCUT2D eigenvalue weighted by molar-refractivity contribution is 7.66. The van der Waals surface area contributed by atoms with Crippen LogP contribution < -0.4 is 0 Å². The Morgan fingerprint density at radius 3 is 1.15 bits per heavy atom. The Morgan fingerprint density at radius 1 is 0.538 bits per heavy atom. The third-order valence-electron chi connectivity index (χ3n) is 4.90. The Morgan fingerprint density at radius 2 is 0.846 bits per heavy atom. The molecule has 6 heteroatoms. The molecule has 4 nitrogen and oxygen atoms in total. The molecule has 3 rings (SSSR count). The molecule has 140 valence electrons. The van der Waals surface area contributed by atoms with Gasteiger partial charge in [0.1, 0.15) is 23.4 Å². The van der Waals surface area contributed by atoms with Crippen LogP contribution in [0, 0.1) is 0 Å². The molecule has 0 amide bonds. The van der Waals surface area contributed by atoms with Gasteiger partial charge in [-0.2, -0.15) is 0 Å². The lowest BCUT2D eigenvalue weighted by Gasteiger charge is -2.44. The molecule has 2 aromatic rings. The normalized spacial score (nSPS) is 31.7. The summed E-state index contributed by atoms with van der Waals surface area (Å²) in [7, 11) is -2.52. The van der Waals surface area contributed by atoms with Gasteiger partial charge >= 0.3 is 0 Å². The molecule has 4 atom stereocenters. The van der Waals surface area contributed by atoms with E-state index in [1.165, 1.54) is 0 Å². The van der Waals surface area contributed by atoms with Crippen LogP contribution in [0.4, 0.5) is 0 Å². The number of hydrogen-bond donors (Lipinski definition) is 4. The van der Waals surface area contributed by atoms with Gasteiger partial charge in [-0.05, 0) is 52.1 Å². The Kier molecular flexibility index (Phi) is 7.17. The molecule has 1 heterocycles. The quantitative estimate of drug-likeness (QED) is 0.570. The zero-order valence-corrected chi connectivity index (χ0v) is 16.4. The summed E-state index contributed by atoms with van der Waals surface area (Å²) >= 11 is 0. The van der Waals surface area contributed by atoms with Crippen LogP contribution in [0.3, 0.4) is 0 Å². The lowest BCUT2D eigenvalue weighted by Crippen LogP contribution is -2.42. The van der Waals surface area contributed by atoms with Crippen molar-refractivity contribution in [3.8, 4) is 0 Å². The van der Waals surface area contributed by atoms with Gasteiger partial charge in [-0.15, -0.1) is 0 Å². The molecule has 26 heavy (non-hydrogen) atoms. The highest BCUT2D eigenvalue weighted by Crippen LogP contribution is 2.64. The van der Waals surface area contributed by atoms with Crippen molar-refractivity contribution >= 4 is 15.8 Å². The number of benzene rings is 2. The summed E-state index contributed by atoms with van der Waals surface area (Å²) in [5.41, 5.74) is 2.27. The average molecular weight is 392 g/mol. The van der Waals surface area contributed by atoms with E-state index in [2.05, 4.69) is 0 Å². The summed E-state index contributed by atoms with van der Waals surface area (Å²) in [6, 6.07) is 19.8. The van der Waals surface area contributed by atoms with E-state index in [0.29, 0.717) is 12.3 Å². The minimum absolute atomic E-state index is 0.595. The van der Waals surface area contributed by atoms with Gasteiger partial charge in [0.2, 0.25) is 0 Å². The first-order valence-electron chi connectivity index (χ1n) is 8.89. The van der Waals surface area contributed by atoms with Gasteiger partial charge in [0, 0.05) is 0 Å². The standard InChI is InChI=1S/C20H26O4P2/c21-17-19(23)26(14-12-16-9-5-2-6-10-16)20(24)18(22)25(17)13-11-15-7-3-1-4-8-15/h1-10,17-24H,11-14H2. The Labute approximate surface area is 157 Å². The van der Waals surface area contributed by atoms with Crippen molar-refractivity contribution in [2.75, 3.05) is 12.3 Å². The van der Waals surface area contributed by atoms with Crippen molar-refractivity contribution in [2.45, 2.75) is 36.2 Å². The van der Waals surface area contributed by atoms with Crippen molar-refractivity contribution in [1.29, 1.82) is 0 Å². The maximum Gasteiger partial charge on any atom is 0.105 e. The average Bonchev–Trinajstić information content (AvgIpc) is 2.68. The molecular weight excluding hydrogens is 366 g/mol. The second kappa shape index (κ2) is 9.37. The fourth-order valence-electron chi connectivity index (χ4n) is 3.33. The van der Waals surface area contributed by atoms with Crippen molar-refractivity contribution in [3.63, 3.8) is 0 Å². The second-order valence-corrected chi connectivity index (χ2v) is 11.7. The third kappa shape index (κ3) is 4.70. The van der Waals surface area contributed by atoms with Crippen LogP contribution in [-0.2, 0) is 12.8 Å². The Bertz CT molecular complexity index is 595. The molecule has 0 aromatic heterocycles. The molecule has 1 saturated heterocycles. The van der Waals surface area contributed by atoms with Crippen LogP contribution in [0.15, 0.2) is 60.7 Å². The molecular formula is C20H26O4P2. The van der Waals surface area contributed by atoms with E-state index in [-0.39, 0.29) is 0 Å². The summed E-state index contributed by atoms with van der Waals surface area (Å²) in [4.78, 5) is 0. The summed E-state index contributed by atoms with van der Waals surface area (Å²) < 4.78 is 0. The summed E-state index contributed by atoms with van der Waals surface area (Å²) in [6.07, 6.45) is 2.64. The van der Waals surface area contributed by atoms with Gasteiger partial charge in [0.05, 0.1) is 0 Å². The van der Waals surface area contributed by atoms with E-state index in [0.717, 1.165) is 24.0 Å². The van der Waals surface area contributed by atoms with E-state index in [1.807, 2.05) is 60.7 Å². The van der Waals surface area contributed by atoms with Crippen LogP contribution in [0.1, 0.15) is 11.1 Å². The van der Waals surface area contributed by atoms with Crippen molar-refractivity contribution < 1.29 is 20.4 Å². The molecule has 1 fully saturated rings. The molecule has 0 bridgehead atoms. The number of hydrogen-bond acceptors (Lipinski definition) is 4. The van der Waals surface area contributed by atoms with E-state index >= 15 is 0 Å². The number of aryl methyl sites for hydroxylation is 2. The molecule has 1 aliphatic rings. The number of aliphatic hydroxyl groups excluding tert-OH is 4. The van der Waals surface area contributed by atoms with E-state index in [1.54, 1.807) is 0 Å². The van der Waals surface area contributed by atoms with Crippen LogP contribution in [0.2, 0.25) is 0 Å². The smallest absolute Gasteiger partial charge is 0.105 e. The monoisotopic (exact) mass is 392 g/mol. The zero-order valence-electron chi connectivity index (χ0n) is 14.6. The highest BCUT2D eigenvalue weighted by Gasteiger charge is 2.47. The first-order chi connectivity index (χ1) is 12.6. The predicted molar refractivity (Wildman–Crippen MR) is 108 cm³/mol. The van der Waals surface area contributed by atoms with Gasteiger partial charge in [0.15, 0.2) is 0 Å². The zero-order chi connectivity index (χ0) is 18.5. The molecule has 0 radical (unpaired) electrons. The molecule has 1 aliphatic heterocycles. The number of aliphatic hydroxyl groups is 4. The van der Waals surface area contributed by atoms with Crippen LogP contribution in [-0.4, -0.2) is 56.1 Å². The minimum atomic E-state index is -1.26. The molecule has 0 saturated carbocycles. The Hall–Kier alpha value is -0.860. The van der Waals surface area contributed by atoms with Crippen molar-refractivity contribution in [2.24, 2.45) is 0 Å². The minimum Gasteiger partial charge on any atom is -0.385 e. The first kappa shape index (κ1) is 19.9. The highest BCUT2D eigenvalue weighted by atomic mass is 31.1. The lowest BCUT2D eigenvalue weighted by atomic mass is 10.2. The van der Waals surface area contributed by atoms with Gasteiger partial charge in [-0.25, -0.2) is 0 Å². The number of rotatable bonds is 6. The lowest BCUT2D eigenvalue weighted by molar-refractivity contribution is 0.0782. The Balaban J connectivity index is 1.62. The van der Waals surface area contributed by atoms with Gasteiger partial charge in [0.25, 0.3) is 0 Å². The molecule has 0 aliphatic carbocycles. The van der Waals surface area contributed by atoms with Crippen LogP contribution in [0.5, 0.6) is 0 Å². The summed E-state index contributed by atoms with van der Waals surface area (Å²) in [5.74, 6) is -3.74. The van der Waals surface area contributed by atoms with E-state index < -0.39 is 39.2 Å². The maximum absolute atomic E-state index is 10.6. The van der Waals surface area contributed by atoms with Crippen LogP contribution >= 0.6 is 15.8 Å². The molecule has 2 aromatic carbocycles. The maximum atomic E-state index is 10.6. The molecule has 4 N–H and O–H groups in total. The SMILES string of the molecule is OC1C(O)P(CCc2ccccc2)C(O)C(O)P1CCc1ccccc1. The van der Waals surface area contributed by atoms with E-state index in [9.17, 15) is 20.4 Å². The van der Waals surface area contributed by atoms with Gasteiger partial charge in [-0.3, -0.25) is 0 Å². The molecule has 4 unspecified atom stereocenters. The predicted octanol–water partition coefficient (Wildman–Crippen LogP) is 2.72. The van der Waals surface area contributed by atoms with E-state index in [4.69, 9.17) is 0 Å². The van der Waals surface area contributed by atoms with Gasteiger partial charge < -0.3 is 20.4 Å². The topological polar surface area (TPSA) is 80.9 Å². The second-order valence-electron chi connectivity index (χ2n) is 6.60. The molecule has 0 spiro atoms. The third-order valence-corrected chi connectivity index (χ3v) is 10.7. The van der Waals surface area contributed by atoms with Crippen molar-refractivity contribution in [1.82, 2.24) is 0 Å². The summed E-state index contributed by atoms with van der Waals surface area (Å²) in [6.45, 7) is 0. The van der Waals surface area contributed by atoms with Crippen molar-refractivity contribution in [3.05, 3.63) is 71.8 Å². The van der Waals surface area contributed by atoms with Gasteiger partial charge in [-0.1, -0.05) is 60.7 Å². The largest absolute Gasteiger partial charge is 0.385 e. The fourth-order valence-corrected chi connectivity index (χ4v) is 9.47. The summed E-state index contributed by atoms with van der Waals surface area (Å²) in [5, 5.41) is 42.4. The van der Waals surface area contributed by atoms with Crippen LogP contribution in [0.25, 0.3) is 0 Å². The fraction of sp³-hybridized carbons (Fsp3) is 0.400. The first-order valence-corrected chi connectivity index (χ1v) is 12.2.